The Morgan fingerprint density at radius 1 is 1.44 bits per heavy atom. The molecule has 0 aromatic carbocycles. The summed E-state index contributed by atoms with van der Waals surface area (Å²) in [5, 5.41) is 8.97. The molecule has 0 unspecified atom stereocenters. The van der Waals surface area contributed by atoms with Crippen molar-refractivity contribution >= 4 is 28.6 Å². The van der Waals surface area contributed by atoms with E-state index in [2.05, 4.69) is 29.1 Å². The number of thiophene rings is 2. The molecular weight excluding hydrogens is 266 g/mol. The van der Waals surface area contributed by atoms with Crippen molar-refractivity contribution in [2.75, 3.05) is 13.7 Å². The van der Waals surface area contributed by atoms with Crippen molar-refractivity contribution in [3.05, 3.63) is 38.7 Å². The third-order valence-electron chi connectivity index (χ3n) is 2.74. The number of hydrogen-bond donors (Lipinski definition) is 1. The van der Waals surface area contributed by atoms with Crippen LogP contribution < -0.4 is 10.1 Å². The lowest BCUT2D eigenvalue weighted by atomic mass is 10.1. The van der Waals surface area contributed by atoms with Crippen molar-refractivity contribution in [1.29, 1.82) is 0 Å². The molecular formula is C13H15NO2S2. The van der Waals surface area contributed by atoms with Gasteiger partial charge in [0.25, 0.3) is 5.91 Å². The summed E-state index contributed by atoms with van der Waals surface area (Å²) < 4.78 is 5.14. The normalized spacial score (nSPS) is 12.1. The number of methoxy groups -OCH3 is 1. The van der Waals surface area contributed by atoms with Gasteiger partial charge in [-0.2, -0.15) is 11.3 Å². The first-order valence-electron chi connectivity index (χ1n) is 5.64. The molecule has 1 amide bonds. The largest absolute Gasteiger partial charge is 0.495 e. The van der Waals surface area contributed by atoms with Crippen LogP contribution in [0.3, 0.4) is 0 Å². The Morgan fingerprint density at radius 3 is 2.94 bits per heavy atom. The zero-order valence-corrected chi connectivity index (χ0v) is 11.9. The molecule has 0 radical (unpaired) electrons. The molecule has 1 N–H and O–H groups in total. The van der Waals surface area contributed by atoms with E-state index in [-0.39, 0.29) is 5.91 Å². The molecule has 0 aliphatic carbocycles. The zero-order valence-electron chi connectivity index (χ0n) is 10.3. The van der Waals surface area contributed by atoms with Gasteiger partial charge in [-0.3, -0.25) is 4.79 Å². The zero-order chi connectivity index (χ0) is 13.0. The van der Waals surface area contributed by atoms with Crippen LogP contribution in [0, 0.1) is 0 Å². The summed E-state index contributed by atoms with van der Waals surface area (Å²) in [5.41, 5.74) is 1.26. The van der Waals surface area contributed by atoms with Gasteiger partial charge in [0.1, 0.15) is 10.6 Å². The molecule has 2 rings (SSSR count). The van der Waals surface area contributed by atoms with Crippen molar-refractivity contribution in [3.8, 4) is 5.75 Å². The topological polar surface area (TPSA) is 38.3 Å². The molecule has 2 aromatic rings. The van der Waals surface area contributed by atoms with E-state index >= 15 is 0 Å². The Morgan fingerprint density at radius 2 is 2.28 bits per heavy atom. The van der Waals surface area contributed by atoms with Crippen molar-refractivity contribution in [2.45, 2.75) is 12.8 Å². The van der Waals surface area contributed by atoms with E-state index in [1.807, 2.05) is 11.4 Å². The molecule has 18 heavy (non-hydrogen) atoms. The van der Waals surface area contributed by atoms with Crippen LogP contribution in [0.5, 0.6) is 5.75 Å². The summed E-state index contributed by atoms with van der Waals surface area (Å²) in [6.07, 6.45) is 0. The van der Waals surface area contributed by atoms with Gasteiger partial charge in [0.15, 0.2) is 0 Å². The molecule has 0 bridgehead atoms. The van der Waals surface area contributed by atoms with Crippen molar-refractivity contribution < 1.29 is 9.53 Å². The predicted molar refractivity (Wildman–Crippen MR) is 75.9 cm³/mol. The fourth-order valence-corrected chi connectivity index (χ4v) is 3.18. The molecule has 2 heterocycles. The smallest absolute Gasteiger partial charge is 0.265 e. The lowest BCUT2D eigenvalue weighted by Crippen LogP contribution is -2.27. The number of nitrogens with one attached hydrogen (secondary N) is 1. The maximum atomic E-state index is 12.0. The quantitative estimate of drug-likeness (QED) is 0.912. The van der Waals surface area contributed by atoms with Gasteiger partial charge in [-0.25, -0.2) is 0 Å². The number of amides is 1. The Kier molecular flexibility index (Phi) is 4.38. The number of rotatable bonds is 5. The highest BCUT2D eigenvalue weighted by Gasteiger charge is 2.15. The van der Waals surface area contributed by atoms with Gasteiger partial charge in [0.05, 0.1) is 7.11 Å². The third-order valence-corrected chi connectivity index (χ3v) is 4.33. The van der Waals surface area contributed by atoms with E-state index in [0.717, 1.165) is 0 Å². The number of ether oxygens (including phenoxy) is 1. The van der Waals surface area contributed by atoms with E-state index < -0.39 is 0 Å². The summed E-state index contributed by atoms with van der Waals surface area (Å²) in [5.74, 6) is 0.899. The Balaban J connectivity index is 1.93. The minimum atomic E-state index is -0.0658. The summed E-state index contributed by atoms with van der Waals surface area (Å²) >= 11 is 3.07. The summed E-state index contributed by atoms with van der Waals surface area (Å²) in [4.78, 5) is 12.6. The Bertz CT molecular complexity index is 505. The van der Waals surface area contributed by atoms with Crippen LogP contribution in [0.15, 0.2) is 28.3 Å². The van der Waals surface area contributed by atoms with Gasteiger partial charge in [-0.1, -0.05) is 6.92 Å². The van der Waals surface area contributed by atoms with E-state index in [1.165, 1.54) is 16.9 Å². The van der Waals surface area contributed by atoms with Crippen LogP contribution in [0.25, 0.3) is 0 Å². The second-order valence-electron chi connectivity index (χ2n) is 3.99. The molecule has 2 aromatic heterocycles. The molecule has 1 atom stereocenters. The predicted octanol–water partition coefficient (Wildman–Crippen LogP) is 3.35. The van der Waals surface area contributed by atoms with Gasteiger partial charge in [0.2, 0.25) is 0 Å². The number of hydrogen-bond acceptors (Lipinski definition) is 4. The van der Waals surface area contributed by atoms with Crippen LogP contribution >= 0.6 is 22.7 Å². The average molecular weight is 281 g/mol. The first-order valence-corrected chi connectivity index (χ1v) is 7.46. The van der Waals surface area contributed by atoms with Crippen LogP contribution in [0.1, 0.15) is 28.1 Å². The lowest BCUT2D eigenvalue weighted by molar-refractivity contribution is 0.0953. The molecule has 0 saturated carbocycles. The Hall–Kier alpha value is -1.33. The molecule has 5 heteroatoms. The standard InChI is InChI=1S/C13H15NO2S2/c1-9(10-3-5-17-8-10)7-14-13(15)12-11(16-2)4-6-18-12/h3-6,8-9H,7H2,1-2H3,(H,14,15)/t9-/m0/s1. The Labute approximate surface area is 114 Å². The second kappa shape index (κ2) is 6.02. The monoisotopic (exact) mass is 281 g/mol. The second-order valence-corrected chi connectivity index (χ2v) is 5.68. The minimum Gasteiger partial charge on any atom is -0.495 e. The van der Waals surface area contributed by atoms with Gasteiger partial charge < -0.3 is 10.1 Å². The fourth-order valence-electron chi connectivity index (χ4n) is 1.62. The fraction of sp³-hybridized carbons (Fsp3) is 0.308. The molecule has 0 aliphatic rings. The maximum Gasteiger partial charge on any atom is 0.265 e. The first-order chi connectivity index (χ1) is 8.72. The van der Waals surface area contributed by atoms with Crippen molar-refractivity contribution in [3.63, 3.8) is 0 Å². The highest BCUT2D eigenvalue weighted by atomic mass is 32.1. The first kappa shape index (κ1) is 13.1. The van der Waals surface area contributed by atoms with Crippen LogP contribution in [0.2, 0.25) is 0 Å². The highest BCUT2D eigenvalue weighted by molar-refractivity contribution is 7.12. The van der Waals surface area contributed by atoms with Gasteiger partial charge in [0, 0.05) is 6.54 Å². The lowest BCUT2D eigenvalue weighted by Gasteiger charge is -2.11. The molecule has 0 aliphatic heterocycles. The summed E-state index contributed by atoms with van der Waals surface area (Å²) in [6, 6.07) is 3.90. The summed E-state index contributed by atoms with van der Waals surface area (Å²) in [6.45, 7) is 2.74. The van der Waals surface area contributed by atoms with Crippen molar-refractivity contribution in [2.24, 2.45) is 0 Å². The highest BCUT2D eigenvalue weighted by Crippen LogP contribution is 2.24. The van der Waals surface area contributed by atoms with E-state index in [4.69, 9.17) is 4.74 Å². The van der Waals surface area contributed by atoms with Gasteiger partial charge >= 0.3 is 0 Å². The van der Waals surface area contributed by atoms with Crippen molar-refractivity contribution in [1.82, 2.24) is 5.32 Å². The minimum absolute atomic E-state index is 0.0658. The van der Waals surface area contributed by atoms with Crippen LogP contribution in [-0.2, 0) is 0 Å². The van der Waals surface area contributed by atoms with E-state index in [0.29, 0.717) is 23.1 Å². The van der Waals surface area contributed by atoms with E-state index in [1.54, 1.807) is 18.4 Å². The maximum absolute atomic E-state index is 12.0. The molecule has 0 spiro atoms. The van der Waals surface area contributed by atoms with Gasteiger partial charge in [-0.05, 0) is 39.8 Å². The number of carbonyl (C=O) groups is 1. The van der Waals surface area contributed by atoms with Gasteiger partial charge in [-0.15, -0.1) is 11.3 Å². The summed E-state index contributed by atoms with van der Waals surface area (Å²) in [7, 11) is 1.58. The SMILES string of the molecule is COc1ccsc1C(=O)NC[C@H](C)c1ccsc1. The average Bonchev–Trinajstić information content (AvgIpc) is 3.04. The molecule has 3 nitrogen and oxygen atoms in total. The molecule has 0 fully saturated rings. The van der Waals surface area contributed by atoms with E-state index in [9.17, 15) is 4.79 Å². The third kappa shape index (κ3) is 2.91. The molecule has 0 saturated heterocycles. The number of carbonyl (C=O) groups excluding carboxylic acids is 1. The van der Waals surface area contributed by atoms with Crippen LogP contribution in [0.4, 0.5) is 0 Å². The van der Waals surface area contributed by atoms with Crippen LogP contribution in [-0.4, -0.2) is 19.6 Å². The molecule has 96 valence electrons.